The quantitative estimate of drug-likeness (QED) is 0.846. The van der Waals surface area contributed by atoms with Crippen molar-refractivity contribution in [1.29, 1.82) is 0 Å². The maximum absolute atomic E-state index is 12.6. The first-order valence-electron chi connectivity index (χ1n) is 8.76. The Kier molecular flexibility index (Phi) is 5.74. The minimum absolute atomic E-state index is 0.0477. The van der Waals surface area contributed by atoms with E-state index in [1.54, 1.807) is 12.1 Å². The maximum Gasteiger partial charge on any atom is 0.222 e. The SMILES string of the molecule is CC(=O)[C@@H](Cc1ccc(Cl)cc1)NC(=O)CC1c2ccccc2CN1C. The van der Waals surface area contributed by atoms with Gasteiger partial charge in [0.2, 0.25) is 5.91 Å². The van der Waals surface area contributed by atoms with Crippen LogP contribution in [0.3, 0.4) is 0 Å². The van der Waals surface area contributed by atoms with Gasteiger partial charge in [-0.25, -0.2) is 0 Å². The Bertz CT molecular complexity index is 804. The number of Topliss-reactive ketones (excluding diaryl/α,β-unsaturated/α-hetero) is 1. The summed E-state index contributed by atoms with van der Waals surface area (Å²) in [5, 5.41) is 3.56. The molecule has 0 saturated carbocycles. The molecule has 1 aliphatic heterocycles. The van der Waals surface area contributed by atoms with E-state index < -0.39 is 6.04 Å². The average molecular weight is 371 g/mol. The lowest BCUT2D eigenvalue weighted by Gasteiger charge is -2.22. The molecular formula is C21H23ClN2O2. The Hall–Kier alpha value is -2.17. The van der Waals surface area contributed by atoms with Crippen molar-refractivity contribution in [2.45, 2.75) is 38.4 Å². The highest BCUT2D eigenvalue weighted by molar-refractivity contribution is 6.30. The molecule has 0 radical (unpaired) electrons. The summed E-state index contributed by atoms with van der Waals surface area (Å²) in [7, 11) is 2.02. The van der Waals surface area contributed by atoms with Crippen molar-refractivity contribution in [1.82, 2.24) is 10.2 Å². The van der Waals surface area contributed by atoms with Gasteiger partial charge in [-0.05, 0) is 49.2 Å². The van der Waals surface area contributed by atoms with Gasteiger partial charge in [0.25, 0.3) is 0 Å². The van der Waals surface area contributed by atoms with Gasteiger partial charge in [0.05, 0.1) is 6.04 Å². The van der Waals surface area contributed by atoms with Crippen LogP contribution in [0, 0.1) is 0 Å². The summed E-state index contributed by atoms with van der Waals surface area (Å²) >= 11 is 5.90. The molecule has 1 heterocycles. The molecule has 0 fully saturated rings. The lowest BCUT2D eigenvalue weighted by Crippen LogP contribution is -2.42. The predicted octanol–water partition coefficient (Wildman–Crippen LogP) is 3.53. The van der Waals surface area contributed by atoms with Crippen molar-refractivity contribution in [3.8, 4) is 0 Å². The van der Waals surface area contributed by atoms with Crippen LogP contribution >= 0.6 is 11.6 Å². The minimum atomic E-state index is -0.523. The lowest BCUT2D eigenvalue weighted by molar-refractivity contribution is -0.127. The van der Waals surface area contributed by atoms with Gasteiger partial charge in [-0.15, -0.1) is 0 Å². The van der Waals surface area contributed by atoms with E-state index in [1.807, 2.05) is 31.3 Å². The van der Waals surface area contributed by atoms with E-state index >= 15 is 0 Å². The van der Waals surface area contributed by atoms with Crippen LogP contribution in [0.15, 0.2) is 48.5 Å². The Balaban J connectivity index is 1.65. The number of hydrogen-bond acceptors (Lipinski definition) is 3. The second-order valence-electron chi connectivity index (χ2n) is 6.90. The van der Waals surface area contributed by atoms with E-state index in [-0.39, 0.29) is 17.7 Å². The zero-order valence-electron chi connectivity index (χ0n) is 15.0. The summed E-state index contributed by atoms with van der Waals surface area (Å²) in [5.74, 6) is -0.152. The number of ketones is 1. The monoisotopic (exact) mass is 370 g/mol. The molecule has 0 aliphatic carbocycles. The van der Waals surface area contributed by atoms with Gasteiger partial charge in [0, 0.05) is 24.0 Å². The third-order valence-electron chi connectivity index (χ3n) is 4.92. The normalized spacial score (nSPS) is 17.6. The topological polar surface area (TPSA) is 49.4 Å². The molecule has 0 saturated heterocycles. The van der Waals surface area contributed by atoms with Crippen LogP contribution in [0.1, 0.15) is 36.1 Å². The van der Waals surface area contributed by atoms with Crippen molar-refractivity contribution >= 4 is 23.3 Å². The van der Waals surface area contributed by atoms with Crippen molar-refractivity contribution in [3.63, 3.8) is 0 Å². The van der Waals surface area contributed by atoms with Crippen LogP contribution < -0.4 is 5.32 Å². The largest absolute Gasteiger partial charge is 0.346 e. The summed E-state index contributed by atoms with van der Waals surface area (Å²) in [4.78, 5) is 26.8. The fraction of sp³-hybridized carbons (Fsp3) is 0.333. The number of fused-ring (bicyclic) bond motifs is 1. The number of benzene rings is 2. The standard InChI is InChI=1S/C21H23ClN2O2/c1-14(25)19(11-15-7-9-17(22)10-8-15)23-21(26)12-20-18-6-4-3-5-16(18)13-24(20)2/h3-10,19-20H,11-13H2,1-2H3,(H,23,26)/t19-,20?/m1/s1. The van der Waals surface area contributed by atoms with Crippen LogP contribution in [0.5, 0.6) is 0 Å². The minimum Gasteiger partial charge on any atom is -0.346 e. The summed E-state index contributed by atoms with van der Waals surface area (Å²) in [5.41, 5.74) is 3.43. The fourth-order valence-electron chi connectivity index (χ4n) is 3.47. The molecule has 0 spiro atoms. The van der Waals surface area contributed by atoms with Gasteiger partial charge in [0.1, 0.15) is 0 Å². The van der Waals surface area contributed by atoms with Gasteiger partial charge in [-0.3, -0.25) is 14.5 Å². The van der Waals surface area contributed by atoms with E-state index in [4.69, 9.17) is 11.6 Å². The zero-order chi connectivity index (χ0) is 18.7. The molecule has 3 rings (SSSR count). The Labute approximate surface area is 159 Å². The van der Waals surface area contributed by atoms with Crippen LogP contribution in [-0.4, -0.2) is 29.7 Å². The molecule has 2 aromatic rings. The molecule has 1 amide bonds. The van der Waals surface area contributed by atoms with Gasteiger partial charge in [0.15, 0.2) is 5.78 Å². The first-order valence-corrected chi connectivity index (χ1v) is 9.14. The molecule has 136 valence electrons. The van der Waals surface area contributed by atoms with Crippen LogP contribution in [0.2, 0.25) is 5.02 Å². The van der Waals surface area contributed by atoms with Crippen LogP contribution in [-0.2, 0) is 22.6 Å². The zero-order valence-corrected chi connectivity index (χ0v) is 15.8. The first kappa shape index (κ1) is 18.6. The molecule has 1 unspecified atom stereocenters. The molecule has 2 aromatic carbocycles. The molecule has 2 atom stereocenters. The molecule has 5 heteroatoms. The van der Waals surface area contributed by atoms with Gasteiger partial charge >= 0.3 is 0 Å². The fourth-order valence-corrected chi connectivity index (χ4v) is 3.59. The highest BCUT2D eigenvalue weighted by Crippen LogP contribution is 2.34. The summed E-state index contributed by atoms with van der Waals surface area (Å²) in [6, 6.07) is 15.1. The Morgan fingerprint density at radius 3 is 2.58 bits per heavy atom. The van der Waals surface area contributed by atoms with E-state index in [0.29, 0.717) is 17.9 Å². The molecule has 4 nitrogen and oxygen atoms in total. The maximum atomic E-state index is 12.6. The van der Waals surface area contributed by atoms with Gasteiger partial charge < -0.3 is 5.32 Å². The number of carbonyl (C=O) groups is 2. The van der Waals surface area contributed by atoms with Crippen molar-refractivity contribution in [2.75, 3.05) is 7.05 Å². The second-order valence-corrected chi connectivity index (χ2v) is 7.33. The number of amides is 1. The number of nitrogens with zero attached hydrogens (tertiary/aromatic N) is 1. The van der Waals surface area contributed by atoms with E-state index in [1.165, 1.54) is 18.1 Å². The van der Waals surface area contributed by atoms with Crippen molar-refractivity contribution in [3.05, 3.63) is 70.2 Å². The smallest absolute Gasteiger partial charge is 0.222 e. The average Bonchev–Trinajstić information content (AvgIpc) is 2.92. The van der Waals surface area contributed by atoms with E-state index in [9.17, 15) is 9.59 Å². The summed E-state index contributed by atoms with van der Waals surface area (Å²) in [6.07, 6.45) is 0.813. The van der Waals surface area contributed by atoms with Gasteiger partial charge in [-0.1, -0.05) is 48.0 Å². The number of rotatable bonds is 6. The third kappa shape index (κ3) is 4.32. The van der Waals surface area contributed by atoms with E-state index in [0.717, 1.165) is 12.1 Å². The lowest BCUT2D eigenvalue weighted by atomic mass is 10.0. The second kappa shape index (κ2) is 8.02. The summed E-state index contributed by atoms with van der Waals surface area (Å²) < 4.78 is 0. The highest BCUT2D eigenvalue weighted by Gasteiger charge is 2.29. The molecule has 0 bridgehead atoms. The molecule has 1 N–H and O–H groups in total. The molecule has 1 aliphatic rings. The molecule has 0 aromatic heterocycles. The molecule has 26 heavy (non-hydrogen) atoms. The van der Waals surface area contributed by atoms with Gasteiger partial charge in [-0.2, -0.15) is 0 Å². The van der Waals surface area contributed by atoms with Crippen molar-refractivity contribution < 1.29 is 9.59 Å². The number of carbonyl (C=O) groups excluding carboxylic acids is 2. The Morgan fingerprint density at radius 2 is 1.88 bits per heavy atom. The number of halogens is 1. The van der Waals surface area contributed by atoms with Crippen LogP contribution in [0.25, 0.3) is 0 Å². The number of hydrogen-bond donors (Lipinski definition) is 1. The van der Waals surface area contributed by atoms with E-state index in [2.05, 4.69) is 22.3 Å². The first-order chi connectivity index (χ1) is 12.4. The number of nitrogens with one attached hydrogen (secondary N) is 1. The van der Waals surface area contributed by atoms with Crippen molar-refractivity contribution in [2.24, 2.45) is 0 Å². The van der Waals surface area contributed by atoms with Crippen LogP contribution in [0.4, 0.5) is 0 Å². The highest BCUT2D eigenvalue weighted by atomic mass is 35.5. The summed E-state index contributed by atoms with van der Waals surface area (Å²) in [6.45, 7) is 2.35. The molecular weight excluding hydrogens is 348 g/mol. The Morgan fingerprint density at radius 1 is 1.19 bits per heavy atom. The third-order valence-corrected chi connectivity index (χ3v) is 5.18. The predicted molar refractivity (Wildman–Crippen MR) is 103 cm³/mol.